The summed E-state index contributed by atoms with van der Waals surface area (Å²) in [6, 6.07) is -2.62. The van der Waals surface area contributed by atoms with Crippen LogP contribution in [0.4, 0.5) is 4.79 Å². The first-order chi connectivity index (χ1) is 12.7. The predicted octanol–water partition coefficient (Wildman–Crippen LogP) is -1.76. The number of nitrogens with zero attached hydrogens (tertiary/aromatic N) is 2. The predicted molar refractivity (Wildman–Crippen MR) is 89.5 cm³/mol. The summed E-state index contributed by atoms with van der Waals surface area (Å²) in [5, 5.41) is 17.2. The third-order valence-corrected chi connectivity index (χ3v) is 3.44. The topological polar surface area (TPSA) is 230 Å². The highest BCUT2D eigenvalue weighted by molar-refractivity contribution is 5.83. The lowest BCUT2D eigenvalue weighted by Crippen LogP contribution is -2.46. The Morgan fingerprint density at radius 2 is 1.78 bits per heavy atom. The van der Waals surface area contributed by atoms with Gasteiger partial charge in [-0.3, -0.25) is 9.59 Å². The van der Waals surface area contributed by atoms with Gasteiger partial charge in [0, 0.05) is 12.8 Å². The molecule has 2 atom stereocenters. The monoisotopic (exact) mass is 385 g/mol. The van der Waals surface area contributed by atoms with E-state index in [4.69, 9.17) is 26.8 Å². The maximum Gasteiger partial charge on any atom is 0.326 e. The van der Waals surface area contributed by atoms with E-state index in [9.17, 15) is 19.2 Å². The van der Waals surface area contributed by atoms with Crippen molar-refractivity contribution in [1.82, 2.24) is 20.8 Å². The molecule has 1 heterocycles. The van der Waals surface area contributed by atoms with Crippen LogP contribution in [0.2, 0.25) is 0 Å². The van der Waals surface area contributed by atoms with Crippen molar-refractivity contribution in [2.24, 2.45) is 17.2 Å². The van der Waals surface area contributed by atoms with E-state index in [1.807, 2.05) is 0 Å². The van der Waals surface area contributed by atoms with E-state index < -0.39 is 35.9 Å². The molecule has 150 valence electrons. The standard InChI is InChI=1S/C14H23N7O6/c15-7(2-1-3-9(16)22)12-20-11(27-21-12)6-18-14(26)19-8(13(24)25)4-5-10(17)23/h7-8H,1-6,15H2,(H2,16,22)(H2,17,23)(H,24,25)(H2,18,19,26)/t7-,8-/m0/s1. The van der Waals surface area contributed by atoms with Crippen LogP contribution in [0.1, 0.15) is 49.9 Å². The van der Waals surface area contributed by atoms with Gasteiger partial charge in [-0.1, -0.05) is 5.16 Å². The van der Waals surface area contributed by atoms with Gasteiger partial charge in [0.25, 0.3) is 0 Å². The summed E-state index contributed by atoms with van der Waals surface area (Å²) in [4.78, 5) is 48.2. The molecule has 0 bridgehead atoms. The molecule has 4 amide bonds. The van der Waals surface area contributed by atoms with Crippen LogP contribution < -0.4 is 27.8 Å². The van der Waals surface area contributed by atoms with Crippen LogP contribution in [0, 0.1) is 0 Å². The zero-order valence-corrected chi connectivity index (χ0v) is 14.5. The van der Waals surface area contributed by atoms with E-state index >= 15 is 0 Å². The Labute approximate surface area is 154 Å². The number of carboxylic acid groups (broad SMARTS) is 1. The Morgan fingerprint density at radius 3 is 2.37 bits per heavy atom. The fourth-order valence-electron chi connectivity index (χ4n) is 2.02. The van der Waals surface area contributed by atoms with Crippen molar-refractivity contribution in [3.05, 3.63) is 11.7 Å². The fraction of sp³-hybridized carbons (Fsp3) is 0.571. The molecule has 27 heavy (non-hydrogen) atoms. The molecule has 0 saturated carbocycles. The second-order valence-electron chi connectivity index (χ2n) is 5.73. The van der Waals surface area contributed by atoms with Gasteiger partial charge in [-0.25, -0.2) is 9.59 Å². The Morgan fingerprint density at radius 1 is 1.11 bits per heavy atom. The molecule has 0 fully saturated rings. The number of amides is 4. The highest BCUT2D eigenvalue weighted by atomic mass is 16.5. The Bertz CT molecular complexity index is 677. The number of nitrogens with two attached hydrogens (primary N) is 3. The van der Waals surface area contributed by atoms with Crippen LogP contribution in [0.15, 0.2) is 4.52 Å². The summed E-state index contributed by atoms with van der Waals surface area (Å²) in [5.41, 5.74) is 15.9. The SMILES string of the molecule is NC(=O)CCC[C@H](N)c1noc(CNC(=O)N[C@@H](CCC(N)=O)C(=O)O)n1. The van der Waals surface area contributed by atoms with Gasteiger partial charge in [0.15, 0.2) is 5.82 Å². The van der Waals surface area contributed by atoms with E-state index in [-0.39, 0.29) is 37.5 Å². The highest BCUT2D eigenvalue weighted by Gasteiger charge is 2.21. The zero-order valence-electron chi connectivity index (χ0n) is 14.5. The molecule has 0 aromatic carbocycles. The molecule has 0 aliphatic carbocycles. The lowest BCUT2D eigenvalue weighted by atomic mass is 10.1. The summed E-state index contributed by atoms with van der Waals surface area (Å²) in [6.07, 6.45) is 0.778. The minimum atomic E-state index is -1.30. The number of nitrogens with one attached hydrogen (secondary N) is 2. The smallest absolute Gasteiger partial charge is 0.326 e. The molecule has 0 unspecified atom stereocenters. The van der Waals surface area contributed by atoms with Crippen molar-refractivity contribution in [1.29, 1.82) is 0 Å². The molecular formula is C14H23N7O6. The number of rotatable bonds is 12. The van der Waals surface area contributed by atoms with Gasteiger partial charge in [0.2, 0.25) is 17.7 Å². The molecule has 1 rings (SSSR count). The van der Waals surface area contributed by atoms with Gasteiger partial charge in [-0.05, 0) is 19.3 Å². The Kier molecular flexibility index (Phi) is 8.65. The average Bonchev–Trinajstić information content (AvgIpc) is 3.05. The first kappa shape index (κ1) is 21.8. The minimum Gasteiger partial charge on any atom is -0.480 e. The van der Waals surface area contributed by atoms with Crippen LogP contribution in [0.25, 0.3) is 0 Å². The van der Waals surface area contributed by atoms with E-state index in [0.717, 1.165) is 0 Å². The van der Waals surface area contributed by atoms with Crippen molar-refractivity contribution in [2.75, 3.05) is 0 Å². The summed E-state index contributed by atoms with van der Waals surface area (Å²) in [5.74, 6) is -2.12. The number of carbonyl (C=O) groups is 4. The molecule has 9 N–H and O–H groups in total. The number of aliphatic carboxylic acids is 1. The highest BCUT2D eigenvalue weighted by Crippen LogP contribution is 2.13. The van der Waals surface area contributed by atoms with Gasteiger partial charge in [0.1, 0.15) is 6.04 Å². The number of carboxylic acids is 1. The molecular weight excluding hydrogens is 362 g/mol. The maximum atomic E-state index is 11.8. The van der Waals surface area contributed by atoms with Gasteiger partial charge >= 0.3 is 12.0 Å². The van der Waals surface area contributed by atoms with Gasteiger partial charge in [-0.2, -0.15) is 4.98 Å². The van der Waals surface area contributed by atoms with Gasteiger partial charge in [-0.15, -0.1) is 0 Å². The maximum absolute atomic E-state index is 11.8. The molecule has 0 aliphatic heterocycles. The lowest BCUT2D eigenvalue weighted by molar-refractivity contribution is -0.139. The number of hydrogen-bond donors (Lipinski definition) is 6. The zero-order chi connectivity index (χ0) is 20.4. The van der Waals surface area contributed by atoms with Crippen molar-refractivity contribution < 1.29 is 28.8 Å². The van der Waals surface area contributed by atoms with Crippen molar-refractivity contribution in [2.45, 2.75) is 50.7 Å². The van der Waals surface area contributed by atoms with Crippen molar-refractivity contribution >= 4 is 23.8 Å². The number of hydrogen-bond acceptors (Lipinski definition) is 8. The molecule has 13 heteroatoms. The van der Waals surface area contributed by atoms with E-state index in [0.29, 0.717) is 12.8 Å². The van der Waals surface area contributed by atoms with E-state index in [1.54, 1.807) is 0 Å². The van der Waals surface area contributed by atoms with Crippen LogP contribution in [0.5, 0.6) is 0 Å². The van der Waals surface area contributed by atoms with Crippen molar-refractivity contribution in [3.63, 3.8) is 0 Å². The first-order valence-electron chi connectivity index (χ1n) is 8.11. The van der Waals surface area contributed by atoms with Crippen LogP contribution in [0.3, 0.4) is 0 Å². The van der Waals surface area contributed by atoms with Crippen LogP contribution in [-0.4, -0.2) is 45.1 Å². The largest absolute Gasteiger partial charge is 0.480 e. The Balaban J connectivity index is 2.45. The van der Waals surface area contributed by atoms with E-state index in [2.05, 4.69) is 20.8 Å². The van der Waals surface area contributed by atoms with Crippen LogP contribution >= 0.6 is 0 Å². The molecule has 1 aromatic rings. The number of urea groups is 1. The second-order valence-corrected chi connectivity index (χ2v) is 5.73. The summed E-state index contributed by atoms with van der Waals surface area (Å²) < 4.78 is 4.94. The molecule has 0 saturated heterocycles. The molecule has 0 radical (unpaired) electrons. The lowest BCUT2D eigenvalue weighted by Gasteiger charge is -2.13. The molecule has 0 aliphatic rings. The van der Waals surface area contributed by atoms with Crippen LogP contribution in [-0.2, 0) is 20.9 Å². The van der Waals surface area contributed by atoms with Crippen molar-refractivity contribution in [3.8, 4) is 0 Å². The summed E-state index contributed by atoms with van der Waals surface area (Å²) in [6.45, 7) is -0.158. The van der Waals surface area contributed by atoms with E-state index in [1.165, 1.54) is 0 Å². The second kappa shape index (κ2) is 10.7. The Hall–Kier alpha value is -3.22. The summed E-state index contributed by atoms with van der Waals surface area (Å²) in [7, 11) is 0. The number of primary amides is 2. The number of carbonyl (C=O) groups excluding carboxylic acids is 3. The fourth-order valence-corrected chi connectivity index (χ4v) is 2.02. The minimum absolute atomic E-state index is 0.0644. The normalized spacial score (nSPS) is 12.8. The molecule has 0 spiro atoms. The first-order valence-corrected chi connectivity index (χ1v) is 8.11. The average molecular weight is 385 g/mol. The summed E-state index contributed by atoms with van der Waals surface area (Å²) >= 11 is 0. The third-order valence-electron chi connectivity index (χ3n) is 3.44. The van der Waals surface area contributed by atoms with Gasteiger partial charge < -0.3 is 37.5 Å². The quantitative estimate of drug-likeness (QED) is 0.239. The third kappa shape index (κ3) is 8.62. The van der Waals surface area contributed by atoms with Gasteiger partial charge in [0.05, 0.1) is 12.6 Å². The molecule has 1 aromatic heterocycles. The molecule has 13 nitrogen and oxygen atoms in total. The number of aromatic nitrogens is 2.